The maximum absolute atomic E-state index is 13.1. The molecule has 0 bridgehead atoms. The van der Waals surface area contributed by atoms with Crippen LogP contribution in [0.4, 0.5) is 0 Å². The number of hydrogen-bond donors (Lipinski definition) is 3. The molecule has 3 unspecified atom stereocenters. The van der Waals surface area contributed by atoms with Gasteiger partial charge in [-0.05, 0) is 57.8 Å². The van der Waals surface area contributed by atoms with Crippen LogP contribution in [0, 0.1) is 0 Å². The molecule has 8 nitrogen and oxygen atoms in total. The Morgan fingerprint density at radius 1 is 0.393 bits per heavy atom. The average Bonchev–Trinajstić information content (AvgIpc) is 3.56. The minimum atomic E-state index is -4.36. The number of nitrogens with one attached hydrogen (secondary N) is 1. The summed E-state index contributed by atoms with van der Waals surface area (Å²) in [5.41, 5.74) is 0. The summed E-state index contributed by atoms with van der Waals surface area (Å²) < 4.78 is 23.8. The molecule has 0 aromatic rings. The van der Waals surface area contributed by atoms with Crippen molar-refractivity contribution < 1.29 is 32.9 Å². The second-order valence-corrected chi connectivity index (χ2v) is 28.5. The van der Waals surface area contributed by atoms with E-state index < -0.39 is 20.0 Å². The maximum Gasteiger partial charge on any atom is 0.472 e. The van der Waals surface area contributed by atoms with Crippen LogP contribution in [0.25, 0.3) is 0 Å². The zero-order valence-electron chi connectivity index (χ0n) is 57.2. The molecule has 0 aromatic carbocycles. The Morgan fingerprint density at radius 2 is 0.655 bits per heavy atom. The summed E-state index contributed by atoms with van der Waals surface area (Å²) in [5, 5.41) is 14.0. The average molecular weight is 1200 g/mol. The van der Waals surface area contributed by atoms with Gasteiger partial charge in [0.05, 0.1) is 39.9 Å². The van der Waals surface area contributed by atoms with Crippen molar-refractivity contribution in [3.63, 3.8) is 0 Å². The van der Waals surface area contributed by atoms with Crippen molar-refractivity contribution >= 4 is 13.7 Å². The monoisotopic (exact) mass is 1200 g/mol. The first-order valence-corrected chi connectivity index (χ1v) is 38.9. The first-order valence-electron chi connectivity index (χ1n) is 37.4. The molecule has 0 aromatic heterocycles. The summed E-state index contributed by atoms with van der Waals surface area (Å²) in [4.78, 5) is 23.4. The molecule has 3 atom stereocenters. The summed E-state index contributed by atoms with van der Waals surface area (Å²) in [6, 6.07) is -0.864. The quantitative estimate of drug-likeness (QED) is 0.0243. The molecule has 84 heavy (non-hydrogen) atoms. The van der Waals surface area contributed by atoms with E-state index in [-0.39, 0.29) is 19.1 Å². The molecular formula is C75H148N2O6P+. The number of nitrogens with zero attached hydrogens (tertiary/aromatic N) is 1. The number of unbranched alkanes of at least 4 members (excludes halogenated alkanes) is 53. The van der Waals surface area contributed by atoms with Gasteiger partial charge in [-0.3, -0.25) is 13.8 Å². The number of phosphoric ester groups is 1. The lowest BCUT2D eigenvalue weighted by Gasteiger charge is -2.25. The number of aliphatic hydroxyl groups excluding tert-OH is 1. The molecule has 0 heterocycles. The number of allylic oxidation sites excluding steroid dienone is 5. The van der Waals surface area contributed by atoms with E-state index >= 15 is 0 Å². The van der Waals surface area contributed by atoms with Gasteiger partial charge in [0.25, 0.3) is 0 Å². The molecule has 0 saturated carbocycles. The molecule has 9 heteroatoms. The molecule has 0 aliphatic carbocycles. The Morgan fingerprint density at radius 3 is 0.952 bits per heavy atom. The lowest BCUT2D eigenvalue weighted by atomic mass is 10.0. The Kier molecular flexibility index (Phi) is 65.1. The van der Waals surface area contributed by atoms with Crippen LogP contribution in [-0.4, -0.2) is 73.4 Å². The molecule has 1 amide bonds. The van der Waals surface area contributed by atoms with Crippen LogP contribution in [0.3, 0.4) is 0 Å². The molecular weight excluding hydrogens is 1060 g/mol. The van der Waals surface area contributed by atoms with Crippen LogP contribution < -0.4 is 5.32 Å². The van der Waals surface area contributed by atoms with Crippen molar-refractivity contribution in [1.82, 2.24) is 5.32 Å². The molecule has 0 spiro atoms. The highest BCUT2D eigenvalue weighted by Gasteiger charge is 2.28. The third-order valence-corrected chi connectivity index (χ3v) is 18.3. The van der Waals surface area contributed by atoms with Crippen molar-refractivity contribution in [1.29, 1.82) is 0 Å². The highest BCUT2D eigenvalue weighted by atomic mass is 31.2. The van der Waals surface area contributed by atoms with E-state index in [4.69, 9.17) is 9.05 Å². The minimum Gasteiger partial charge on any atom is -0.387 e. The van der Waals surface area contributed by atoms with Gasteiger partial charge < -0.3 is 19.8 Å². The summed E-state index contributed by atoms with van der Waals surface area (Å²) in [7, 11) is 1.57. The van der Waals surface area contributed by atoms with E-state index in [1.807, 2.05) is 27.2 Å². The second-order valence-electron chi connectivity index (χ2n) is 27.0. The normalized spacial score (nSPS) is 13.8. The maximum atomic E-state index is 13.1. The van der Waals surface area contributed by atoms with Crippen molar-refractivity contribution in [2.24, 2.45) is 0 Å². The lowest BCUT2D eigenvalue weighted by molar-refractivity contribution is -0.870. The van der Waals surface area contributed by atoms with Crippen molar-refractivity contribution in [3.05, 3.63) is 36.5 Å². The smallest absolute Gasteiger partial charge is 0.387 e. The summed E-state index contributed by atoms with van der Waals surface area (Å²) in [6.07, 6.45) is 89.0. The molecule has 0 saturated heterocycles. The molecule has 0 fully saturated rings. The van der Waals surface area contributed by atoms with Gasteiger partial charge in [0.1, 0.15) is 13.2 Å². The third kappa shape index (κ3) is 68.2. The first-order chi connectivity index (χ1) is 41.0. The predicted octanol–water partition coefficient (Wildman–Crippen LogP) is 24.0. The Labute approximate surface area is 525 Å². The Bertz CT molecular complexity index is 1460. The molecule has 0 aliphatic heterocycles. The predicted molar refractivity (Wildman–Crippen MR) is 369 cm³/mol. The van der Waals surface area contributed by atoms with Gasteiger partial charge in [-0.15, -0.1) is 0 Å². The molecule has 0 aliphatic rings. The number of quaternary nitrogens is 1. The number of phosphoric acid groups is 1. The standard InChI is InChI=1S/C75H147N2O6P/c1-6-8-10-12-14-16-18-20-22-24-26-28-30-31-32-33-34-35-36-37-38-39-40-41-42-43-44-45-47-49-51-53-55-57-59-61-63-65-67-69-75(79)76-73(72-83-84(80,81)82-71-70-77(3,4)5)74(78)68-66-64-62-60-58-56-54-52-50-48-46-29-27-25-23-21-19-17-15-13-11-9-7-2/h37-38,58,60,66,68,73-74,78H,6-36,39-57,59,61-65,67,69-72H2,1-5H3,(H-,76,79,80,81)/p+1/b38-37-,60-58+,68-66+. The van der Waals surface area contributed by atoms with E-state index in [0.717, 1.165) is 38.5 Å². The van der Waals surface area contributed by atoms with Crippen LogP contribution in [0.5, 0.6) is 0 Å². The van der Waals surface area contributed by atoms with Crippen molar-refractivity contribution in [2.45, 2.75) is 398 Å². The Hall–Kier alpha value is -1.28. The molecule has 3 N–H and O–H groups in total. The van der Waals surface area contributed by atoms with E-state index in [1.165, 1.54) is 327 Å². The number of amides is 1. The fourth-order valence-corrected chi connectivity index (χ4v) is 12.3. The van der Waals surface area contributed by atoms with Crippen molar-refractivity contribution in [2.75, 3.05) is 40.9 Å². The van der Waals surface area contributed by atoms with Gasteiger partial charge in [0.15, 0.2) is 0 Å². The summed E-state index contributed by atoms with van der Waals surface area (Å²) in [6.45, 7) is 4.86. The fraction of sp³-hybridized carbons (Fsp3) is 0.907. The lowest BCUT2D eigenvalue weighted by Crippen LogP contribution is -2.45. The highest BCUT2D eigenvalue weighted by Crippen LogP contribution is 2.43. The van der Waals surface area contributed by atoms with Gasteiger partial charge in [0.2, 0.25) is 5.91 Å². The van der Waals surface area contributed by atoms with Crippen LogP contribution >= 0.6 is 7.82 Å². The van der Waals surface area contributed by atoms with Crippen LogP contribution in [0.15, 0.2) is 36.5 Å². The number of carbonyl (C=O) groups is 1. The molecule has 0 rings (SSSR count). The topological polar surface area (TPSA) is 105 Å². The van der Waals surface area contributed by atoms with E-state index in [9.17, 15) is 19.4 Å². The van der Waals surface area contributed by atoms with Crippen LogP contribution in [0.2, 0.25) is 0 Å². The Balaban J connectivity index is 3.96. The van der Waals surface area contributed by atoms with E-state index in [1.54, 1.807) is 6.08 Å². The molecule has 498 valence electrons. The summed E-state index contributed by atoms with van der Waals surface area (Å²) >= 11 is 0. The third-order valence-electron chi connectivity index (χ3n) is 17.3. The van der Waals surface area contributed by atoms with Crippen molar-refractivity contribution in [3.8, 4) is 0 Å². The zero-order chi connectivity index (χ0) is 61.2. The SMILES string of the molecule is CCCCCCCCCCCCCCCCCCC/C=C/CC/C=C/C(O)C(COP(=O)(O)OCC[N+](C)(C)C)NC(=O)CCCCCCCCCCCCCCCCCCC/C=C\CCCCCCCCCCCCCCCCCCCC. The van der Waals surface area contributed by atoms with Gasteiger partial charge in [-0.25, -0.2) is 4.57 Å². The van der Waals surface area contributed by atoms with E-state index in [2.05, 4.69) is 43.5 Å². The fourth-order valence-electron chi connectivity index (χ4n) is 11.5. The first kappa shape index (κ1) is 82.7. The van der Waals surface area contributed by atoms with E-state index in [0.29, 0.717) is 17.4 Å². The van der Waals surface area contributed by atoms with Gasteiger partial charge in [-0.1, -0.05) is 359 Å². The largest absolute Gasteiger partial charge is 0.472 e. The van der Waals surface area contributed by atoms with Crippen LogP contribution in [-0.2, 0) is 18.4 Å². The number of hydrogen-bond acceptors (Lipinski definition) is 5. The minimum absolute atomic E-state index is 0.0579. The number of carbonyl (C=O) groups excluding carboxylic acids is 1. The number of likely N-dealkylation sites (N-methyl/N-ethyl adjacent to an activating group) is 1. The van der Waals surface area contributed by atoms with Gasteiger partial charge in [-0.2, -0.15) is 0 Å². The number of rotatable bonds is 70. The zero-order valence-corrected chi connectivity index (χ0v) is 58.1. The van der Waals surface area contributed by atoms with Gasteiger partial charge >= 0.3 is 7.82 Å². The highest BCUT2D eigenvalue weighted by molar-refractivity contribution is 7.47. The molecule has 0 radical (unpaired) electrons. The van der Waals surface area contributed by atoms with Crippen LogP contribution in [0.1, 0.15) is 386 Å². The second kappa shape index (κ2) is 66.1. The number of aliphatic hydroxyl groups is 1. The summed E-state index contributed by atoms with van der Waals surface area (Å²) in [5.74, 6) is -0.179. The van der Waals surface area contributed by atoms with Gasteiger partial charge in [0, 0.05) is 6.42 Å².